The molecule has 1 aromatic heterocycles. The van der Waals surface area contributed by atoms with Gasteiger partial charge in [0.05, 0.1) is 0 Å². The minimum absolute atomic E-state index is 0.0234. The highest BCUT2D eigenvalue weighted by atomic mass is 16.1. The molecule has 0 saturated heterocycles. The molecule has 7 heteroatoms. The van der Waals surface area contributed by atoms with Crippen LogP contribution in [0.15, 0.2) is 0 Å². The van der Waals surface area contributed by atoms with Crippen molar-refractivity contribution in [1.29, 1.82) is 0 Å². The third-order valence-corrected chi connectivity index (χ3v) is 2.97. The first-order chi connectivity index (χ1) is 7.65. The number of carbonyl (C=O) groups is 1. The number of aromatic nitrogens is 3. The quantitative estimate of drug-likeness (QED) is 0.568. The lowest BCUT2D eigenvalue weighted by atomic mass is 9.86. The van der Waals surface area contributed by atoms with Crippen LogP contribution >= 0.6 is 0 Å². The largest absolute Gasteiger partial charge is 0.369 e. The second-order valence-corrected chi connectivity index (χ2v) is 4.14. The van der Waals surface area contributed by atoms with E-state index in [4.69, 9.17) is 11.5 Å². The molecule has 0 unspecified atom stereocenters. The zero-order valence-electron chi connectivity index (χ0n) is 8.94. The SMILES string of the molecule is NC(=O)C1CCC(Nc2n[nH]c(N)n2)CC1. The Hall–Kier alpha value is -1.79. The molecule has 0 radical (unpaired) electrons. The number of anilines is 2. The zero-order chi connectivity index (χ0) is 11.5. The molecule has 16 heavy (non-hydrogen) atoms. The van der Waals surface area contributed by atoms with Crippen LogP contribution in [-0.2, 0) is 4.79 Å². The number of primary amides is 1. The highest BCUT2D eigenvalue weighted by Gasteiger charge is 2.25. The Morgan fingerprint density at radius 1 is 1.38 bits per heavy atom. The van der Waals surface area contributed by atoms with Crippen molar-refractivity contribution in [2.75, 3.05) is 11.1 Å². The van der Waals surface area contributed by atoms with Gasteiger partial charge in [0.25, 0.3) is 0 Å². The third kappa shape index (κ3) is 2.41. The van der Waals surface area contributed by atoms with Crippen molar-refractivity contribution in [3.63, 3.8) is 0 Å². The van der Waals surface area contributed by atoms with Crippen LogP contribution in [0, 0.1) is 5.92 Å². The number of nitrogen functional groups attached to an aromatic ring is 1. The van der Waals surface area contributed by atoms with Crippen LogP contribution < -0.4 is 16.8 Å². The molecule has 0 atom stereocenters. The molecule has 1 fully saturated rings. The lowest BCUT2D eigenvalue weighted by molar-refractivity contribution is -0.122. The number of carbonyl (C=O) groups excluding carboxylic acids is 1. The monoisotopic (exact) mass is 224 g/mol. The van der Waals surface area contributed by atoms with Crippen LogP contribution in [0.5, 0.6) is 0 Å². The summed E-state index contributed by atoms with van der Waals surface area (Å²) in [6.07, 6.45) is 3.46. The van der Waals surface area contributed by atoms with Crippen LogP contribution in [0.4, 0.5) is 11.9 Å². The summed E-state index contributed by atoms with van der Waals surface area (Å²) in [5.41, 5.74) is 10.7. The molecule has 0 aromatic carbocycles. The van der Waals surface area contributed by atoms with Gasteiger partial charge in [0.1, 0.15) is 0 Å². The lowest BCUT2D eigenvalue weighted by Gasteiger charge is -2.26. The molecule has 0 spiro atoms. The molecule has 1 aromatic rings. The van der Waals surface area contributed by atoms with E-state index in [1.54, 1.807) is 0 Å². The minimum Gasteiger partial charge on any atom is -0.369 e. The number of nitrogens with two attached hydrogens (primary N) is 2. The molecule has 1 saturated carbocycles. The summed E-state index contributed by atoms with van der Waals surface area (Å²) in [5, 5.41) is 9.64. The van der Waals surface area contributed by atoms with Crippen molar-refractivity contribution in [2.24, 2.45) is 11.7 Å². The number of nitrogens with zero attached hydrogens (tertiary/aromatic N) is 2. The number of hydrogen-bond donors (Lipinski definition) is 4. The number of amides is 1. The van der Waals surface area contributed by atoms with Crippen molar-refractivity contribution >= 4 is 17.8 Å². The molecular weight excluding hydrogens is 208 g/mol. The molecule has 2 rings (SSSR count). The highest BCUT2D eigenvalue weighted by Crippen LogP contribution is 2.25. The Morgan fingerprint density at radius 2 is 2.06 bits per heavy atom. The zero-order valence-corrected chi connectivity index (χ0v) is 8.94. The number of hydrogen-bond acceptors (Lipinski definition) is 5. The van der Waals surface area contributed by atoms with Gasteiger partial charge in [-0.2, -0.15) is 4.98 Å². The maximum Gasteiger partial charge on any atom is 0.243 e. The first-order valence-electron chi connectivity index (χ1n) is 5.39. The molecular formula is C9H16N6O. The Morgan fingerprint density at radius 3 is 2.56 bits per heavy atom. The van der Waals surface area contributed by atoms with E-state index < -0.39 is 0 Å². The second kappa shape index (κ2) is 4.38. The maximum atomic E-state index is 11.0. The highest BCUT2D eigenvalue weighted by molar-refractivity contribution is 5.76. The van der Waals surface area contributed by atoms with Crippen LogP contribution in [0.3, 0.4) is 0 Å². The van der Waals surface area contributed by atoms with E-state index >= 15 is 0 Å². The molecule has 1 aliphatic rings. The molecule has 0 aliphatic heterocycles. The van der Waals surface area contributed by atoms with E-state index in [0.29, 0.717) is 17.9 Å². The standard InChI is InChI=1S/C9H16N6O/c10-7(16)5-1-3-6(4-2-5)12-9-13-8(11)14-15-9/h5-6H,1-4H2,(H2,10,16)(H4,11,12,13,14,15). The van der Waals surface area contributed by atoms with Gasteiger partial charge in [-0.05, 0) is 25.7 Å². The fourth-order valence-electron chi connectivity index (χ4n) is 2.04. The third-order valence-electron chi connectivity index (χ3n) is 2.97. The number of H-pyrrole nitrogens is 1. The van der Waals surface area contributed by atoms with Crippen LogP contribution in [-0.4, -0.2) is 27.1 Å². The Labute approximate surface area is 93.0 Å². The smallest absolute Gasteiger partial charge is 0.243 e. The van der Waals surface area contributed by atoms with E-state index in [1.807, 2.05) is 0 Å². The van der Waals surface area contributed by atoms with Gasteiger partial charge in [0.2, 0.25) is 17.8 Å². The van der Waals surface area contributed by atoms with Crippen molar-refractivity contribution in [1.82, 2.24) is 15.2 Å². The van der Waals surface area contributed by atoms with Crippen molar-refractivity contribution in [3.8, 4) is 0 Å². The van der Waals surface area contributed by atoms with Crippen molar-refractivity contribution < 1.29 is 4.79 Å². The van der Waals surface area contributed by atoms with Crippen LogP contribution in [0.2, 0.25) is 0 Å². The first-order valence-corrected chi connectivity index (χ1v) is 5.39. The summed E-state index contributed by atoms with van der Waals surface area (Å²) in [4.78, 5) is 14.9. The van der Waals surface area contributed by atoms with E-state index in [9.17, 15) is 4.79 Å². The molecule has 1 aliphatic carbocycles. The van der Waals surface area contributed by atoms with Crippen LogP contribution in [0.25, 0.3) is 0 Å². The summed E-state index contributed by atoms with van der Waals surface area (Å²) >= 11 is 0. The van der Waals surface area contributed by atoms with Gasteiger partial charge < -0.3 is 16.8 Å². The molecule has 6 N–H and O–H groups in total. The number of rotatable bonds is 3. The van der Waals surface area contributed by atoms with Gasteiger partial charge >= 0.3 is 0 Å². The predicted molar refractivity (Wildman–Crippen MR) is 59.4 cm³/mol. The summed E-state index contributed by atoms with van der Waals surface area (Å²) in [7, 11) is 0. The van der Waals surface area contributed by atoms with Gasteiger partial charge in [-0.3, -0.25) is 4.79 Å². The average molecular weight is 224 g/mol. The lowest BCUT2D eigenvalue weighted by Crippen LogP contribution is -2.32. The Bertz CT molecular complexity index is 368. The Kier molecular flexibility index (Phi) is 2.93. The summed E-state index contributed by atoms with van der Waals surface area (Å²) in [6, 6.07) is 0.297. The van der Waals surface area contributed by atoms with E-state index in [-0.39, 0.29) is 11.8 Å². The molecule has 88 valence electrons. The first kappa shape index (κ1) is 10.7. The number of nitrogens with one attached hydrogen (secondary N) is 2. The predicted octanol–water partition coefficient (Wildman–Crippen LogP) is -0.157. The van der Waals surface area contributed by atoms with Crippen molar-refractivity contribution in [3.05, 3.63) is 0 Å². The van der Waals surface area contributed by atoms with Gasteiger partial charge in [0, 0.05) is 12.0 Å². The van der Waals surface area contributed by atoms with Gasteiger partial charge in [-0.25, -0.2) is 5.10 Å². The fraction of sp³-hybridized carbons (Fsp3) is 0.667. The maximum absolute atomic E-state index is 11.0. The van der Waals surface area contributed by atoms with Gasteiger partial charge in [-0.15, -0.1) is 5.10 Å². The molecule has 0 bridgehead atoms. The number of aromatic amines is 1. The van der Waals surface area contributed by atoms with E-state index in [2.05, 4.69) is 20.5 Å². The second-order valence-electron chi connectivity index (χ2n) is 4.14. The summed E-state index contributed by atoms with van der Waals surface area (Å²) in [6.45, 7) is 0. The average Bonchev–Trinajstić information content (AvgIpc) is 2.65. The summed E-state index contributed by atoms with van der Waals surface area (Å²) < 4.78 is 0. The van der Waals surface area contributed by atoms with Gasteiger partial charge in [0.15, 0.2) is 0 Å². The fourth-order valence-corrected chi connectivity index (χ4v) is 2.04. The molecule has 1 heterocycles. The normalized spacial score (nSPS) is 25.2. The van der Waals surface area contributed by atoms with E-state index in [1.165, 1.54) is 0 Å². The van der Waals surface area contributed by atoms with E-state index in [0.717, 1.165) is 25.7 Å². The summed E-state index contributed by atoms with van der Waals surface area (Å²) in [5.74, 6) is 0.643. The molecule has 7 nitrogen and oxygen atoms in total. The Balaban J connectivity index is 1.83. The minimum atomic E-state index is -0.194. The van der Waals surface area contributed by atoms with Crippen LogP contribution in [0.1, 0.15) is 25.7 Å². The van der Waals surface area contributed by atoms with Crippen molar-refractivity contribution in [2.45, 2.75) is 31.7 Å². The topological polar surface area (TPSA) is 123 Å². The molecule has 1 amide bonds. The van der Waals surface area contributed by atoms with Gasteiger partial charge in [-0.1, -0.05) is 0 Å².